The summed E-state index contributed by atoms with van der Waals surface area (Å²) in [6, 6.07) is 12.7. The second kappa shape index (κ2) is 9.33. The number of anilines is 2. The number of aromatic nitrogens is 2. The van der Waals surface area contributed by atoms with Crippen molar-refractivity contribution in [1.82, 2.24) is 9.55 Å². The standard InChI is InChI=1S/C21H23ClN4O2S/c1-4-11-26-19-10-5-15(22)12-18(19)25-21(26)29-13(2)20(28)24-17-8-6-16(7-9-17)23-14(3)27/h5-10,12-13H,4,11H2,1-3H3,(H,23,27)(H,24,28). The molecule has 2 aromatic carbocycles. The van der Waals surface area contributed by atoms with Crippen LogP contribution in [-0.2, 0) is 16.1 Å². The Hall–Kier alpha value is -2.51. The molecule has 3 rings (SSSR count). The fourth-order valence-corrected chi connectivity index (χ4v) is 4.02. The third-order valence-electron chi connectivity index (χ3n) is 4.25. The van der Waals surface area contributed by atoms with Gasteiger partial charge in [-0.15, -0.1) is 0 Å². The third kappa shape index (κ3) is 5.31. The van der Waals surface area contributed by atoms with Crippen LogP contribution in [0.1, 0.15) is 27.2 Å². The average Bonchev–Trinajstić information content (AvgIpc) is 2.99. The maximum absolute atomic E-state index is 12.7. The number of nitrogens with zero attached hydrogens (tertiary/aromatic N) is 2. The number of halogens is 1. The van der Waals surface area contributed by atoms with Crippen molar-refractivity contribution in [3.63, 3.8) is 0 Å². The fourth-order valence-electron chi connectivity index (χ4n) is 2.91. The predicted molar refractivity (Wildman–Crippen MR) is 120 cm³/mol. The Kier molecular flexibility index (Phi) is 6.82. The van der Waals surface area contributed by atoms with Gasteiger partial charge in [-0.25, -0.2) is 4.98 Å². The molecule has 2 amide bonds. The molecule has 8 heteroatoms. The van der Waals surface area contributed by atoms with Gasteiger partial charge < -0.3 is 15.2 Å². The van der Waals surface area contributed by atoms with Crippen molar-refractivity contribution in [3.8, 4) is 0 Å². The zero-order valence-electron chi connectivity index (χ0n) is 16.5. The Labute approximate surface area is 179 Å². The van der Waals surface area contributed by atoms with E-state index in [4.69, 9.17) is 11.6 Å². The van der Waals surface area contributed by atoms with Crippen LogP contribution in [0.25, 0.3) is 11.0 Å². The van der Waals surface area contributed by atoms with E-state index >= 15 is 0 Å². The van der Waals surface area contributed by atoms with E-state index in [0.717, 1.165) is 29.2 Å². The van der Waals surface area contributed by atoms with Crippen LogP contribution in [0.3, 0.4) is 0 Å². The number of carbonyl (C=O) groups is 2. The van der Waals surface area contributed by atoms with E-state index in [1.165, 1.54) is 18.7 Å². The topological polar surface area (TPSA) is 76.0 Å². The Morgan fingerprint density at radius 2 is 1.79 bits per heavy atom. The molecule has 0 radical (unpaired) electrons. The second-order valence-electron chi connectivity index (χ2n) is 6.69. The SMILES string of the molecule is CCCn1c(SC(C)C(=O)Nc2ccc(NC(C)=O)cc2)nc2cc(Cl)ccc21. The van der Waals surface area contributed by atoms with Gasteiger partial charge in [0.2, 0.25) is 11.8 Å². The van der Waals surface area contributed by atoms with Crippen molar-refractivity contribution in [1.29, 1.82) is 0 Å². The van der Waals surface area contributed by atoms with Crippen molar-refractivity contribution in [2.45, 2.75) is 44.1 Å². The number of nitrogens with one attached hydrogen (secondary N) is 2. The molecular weight excluding hydrogens is 408 g/mol. The number of fused-ring (bicyclic) bond motifs is 1. The highest BCUT2D eigenvalue weighted by Crippen LogP contribution is 2.29. The quantitative estimate of drug-likeness (QED) is 0.506. The van der Waals surface area contributed by atoms with Crippen molar-refractivity contribution >= 4 is 57.6 Å². The van der Waals surface area contributed by atoms with Crippen molar-refractivity contribution < 1.29 is 9.59 Å². The minimum Gasteiger partial charge on any atom is -0.326 e. The predicted octanol–water partition coefficient (Wildman–Crippen LogP) is 5.18. The Morgan fingerprint density at radius 3 is 2.41 bits per heavy atom. The van der Waals surface area contributed by atoms with E-state index in [9.17, 15) is 9.59 Å². The molecule has 6 nitrogen and oxygen atoms in total. The summed E-state index contributed by atoms with van der Waals surface area (Å²) in [5.41, 5.74) is 3.20. The maximum Gasteiger partial charge on any atom is 0.237 e. The van der Waals surface area contributed by atoms with Gasteiger partial charge in [0.15, 0.2) is 5.16 Å². The molecule has 1 heterocycles. The van der Waals surface area contributed by atoms with E-state index in [1.54, 1.807) is 24.3 Å². The fraction of sp³-hybridized carbons (Fsp3) is 0.286. The van der Waals surface area contributed by atoms with Crippen LogP contribution in [0.2, 0.25) is 5.02 Å². The molecule has 0 aliphatic carbocycles. The largest absolute Gasteiger partial charge is 0.326 e. The third-order valence-corrected chi connectivity index (χ3v) is 5.57. The maximum atomic E-state index is 12.7. The van der Waals surface area contributed by atoms with Crippen molar-refractivity contribution in [2.75, 3.05) is 10.6 Å². The number of amides is 2. The van der Waals surface area contributed by atoms with Crippen LogP contribution >= 0.6 is 23.4 Å². The molecule has 1 atom stereocenters. The van der Waals surface area contributed by atoms with Gasteiger partial charge in [0, 0.05) is 29.9 Å². The number of hydrogen-bond acceptors (Lipinski definition) is 4. The molecule has 0 aliphatic rings. The number of aryl methyl sites for hydroxylation is 1. The molecule has 0 saturated heterocycles. The van der Waals surface area contributed by atoms with E-state index in [-0.39, 0.29) is 17.1 Å². The molecular formula is C21H23ClN4O2S. The van der Waals surface area contributed by atoms with Crippen LogP contribution in [-0.4, -0.2) is 26.6 Å². The summed E-state index contributed by atoms with van der Waals surface area (Å²) in [4.78, 5) is 28.4. The van der Waals surface area contributed by atoms with Crippen LogP contribution in [0.15, 0.2) is 47.6 Å². The lowest BCUT2D eigenvalue weighted by atomic mass is 10.2. The Balaban J connectivity index is 1.72. The summed E-state index contributed by atoms with van der Waals surface area (Å²) in [5, 5.41) is 6.71. The molecule has 1 unspecified atom stereocenters. The van der Waals surface area contributed by atoms with E-state index in [2.05, 4.69) is 27.1 Å². The highest BCUT2D eigenvalue weighted by Gasteiger charge is 2.19. The number of rotatable bonds is 7. The first-order chi connectivity index (χ1) is 13.9. The molecule has 0 fully saturated rings. The van der Waals surface area contributed by atoms with Gasteiger partial charge in [0.25, 0.3) is 0 Å². The number of imidazole rings is 1. The van der Waals surface area contributed by atoms with E-state index < -0.39 is 0 Å². The van der Waals surface area contributed by atoms with Crippen molar-refractivity contribution in [3.05, 3.63) is 47.5 Å². The highest BCUT2D eigenvalue weighted by molar-refractivity contribution is 8.00. The Morgan fingerprint density at radius 1 is 1.14 bits per heavy atom. The Bertz CT molecular complexity index is 1030. The van der Waals surface area contributed by atoms with E-state index in [0.29, 0.717) is 16.4 Å². The second-order valence-corrected chi connectivity index (χ2v) is 8.43. The molecule has 29 heavy (non-hydrogen) atoms. The smallest absolute Gasteiger partial charge is 0.237 e. The molecule has 152 valence electrons. The summed E-state index contributed by atoms with van der Waals surface area (Å²) in [6.07, 6.45) is 0.961. The minimum absolute atomic E-state index is 0.115. The lowest BCUT2D eigenvalue weighted by molar-refractivity contribution is -0.115. The van der Waals surface area contributed by atoms with E-state index in [1.807, 2.05) is 25.1 Å². The average molecular weight is 431 g/mol. The molecule has 0 bridgehead atoms. The van der Waals surface area contributed by atoms with Crippen molar-refractivity contribution in [2.24, 2.45) is 0 Å². The van der Waals surface area contributed by atoms with Gasteiger partial charge >= 0.3 is 0 Å². The lowest BCUT2D eigenvalue weighted by Crippen LogP contribution is -2.23. The van der Waals surface area contributed by atoms with Gasteiger partial charge in [0.05, 0.1) is 16.3 Å². The molecule has 1 aromatic heterocycles. The zero-order chi connectivity index (χ0) is 21.0. The van der Waals surface area contributed by atoms with Gasteiger partial charge in [-0.05, 0) is 55.8 Å². The lowest BCUT2D eigenvalue weighted by Gasteiger charge is -2.13. The molecule has 2 N–H and O–H groups in total. The van der Waals surface area contributed by atoms with Gasteiger partial charge in [-0.3, -0.25) is 9.59 Å². The summed E-state index contributed by atoms with van der Waals surface area (Å²) in [6.45, 7) is 6.24. The monoisotopic (exact) mass is 430 g/mol. The van der Waals surface area contributed by atoms with Gasteiger partial charge in [0.1, 0.15) is 0 Å². The van der Waals surface area contributed by atoms with Gasteiger partial charge in [-0.1, -0.05) is 30.3 Å². The molecule has 3 aromatic rings. The number of hydrogen-bond donors (Lipinski definition) is 2. The number of benzene rings is 2. The first kappa shape index (κ1) is 21.2. The van der Waals surface area contributed by atoms with Crippen LogP contribution in [0.4, 0.5) is 11.4 Å². The first-order valence-corrected chi connectivity index (χ1v) is 10.6. The molecule has 0 spiro atoms. The summed E-state index contributed by atoms with van der Waals surface area (Å²) in [7, 11) is 0. The highest BCUT2D eigenvalue weighted by atomic mass is 35.5. The summed E-state index contributed by atoms with van der Waals surface area (Å²) < 4.78 is 2.13. The number of thioether (sulfide) groups is 1. The first-order valence-electron chi connectivity index (χ1n) is 9.38. The zero-order valence-corrected chi connectivity index (χ0v) is 18.1. The normalized spacial score (nSPS) is 12.0. The van der Waals surface area contributed by atoms with Crippen LogP contribution < -0.4 is 10.6 Å². The number of carbonyl (C=O) groups excluding carboxylic acids is 2. The minimum atomic E-state index is -0.340. The van der Waals surface area contributed by atoms with Crippen LogP contribution in [0, 0.1) is 0 Å². The summed E-state index contributed by atoms with van der Waals surface area (Å²) >= 11 is 7.52. The van der Waals surface area contributed by atoms with Gasteiger partial charge in [-0.2, -0.15) is 0 Å². The molecule has 0 saturated carbocycles. The molecule has 0 aliphatic heterocycles. The summed E-state index contributed by atoms with van der Waals surface area (Å²) in [5.74, 6) is -0.251. The van der Waals surface area contributed by atoms with Crippen LogP contribution in [0.5, 0.6) is 0 Å².